The first-order valence-corrected chi connectivity index (χ1v) is 6.33. The number of hydrogen-bond acceptors (Lipinski definition) is 4. The Balaban J connectivity index is 2.50. The number of benzene rings is 1. The average molecular weight is 251 g/mol. The molecule has 0 bridgehead atoms. The highest BCUT2D eigenvalue weighted by Gasteiger charge is 2.12. The second-order valence-electron chi connectivity index (χ2n) is 3.99. The molecular formula is C14H21NO3. The van der Waals surface area contributed by atoms with Crippen molar-refractivity contribution >= 4 is 11.7 Å². The third-order valence-corrected chi connectivity index (χ3v) is 2.35. The number of anilines is 1. The molecule has 0 aromatic heterocycles. The molecule has 1 atom stereocenters. The maximum absolute atomic E-state index is 11.4. The summed E-state index contributed by atoms with van der Waals surface area (Å²) in [6, 6.07) is 7.19. The minimum atomic E-state index is -0.354. The van der Waals surface area contributed by atoms with Crippen molar-refractivity contribution in [3.8, 4) is 5.75 Å². The Labute approximate surface area is 108 Å². The van der Waals surface area contributed by atoms with Gasteiger partial charge in [0.15, 0.2) is 0 Å². The highest BCUT2D eigenvalue weighted by Crippen LogP contribution is 2.16. The van der Waals surface area contributed by atoms with Gasteiger partial charge in [0.1, 0.15) is 11.8 Å². The fourth-order valence-electron chi connectivity index (χ4n) is 1.44. The molecule has 1 rings (SSSR count). The minimum absolute atomic E-state index is 0.246. The summed E-state index contributed by atoms with van der Waals surface area (Å²) in [5, 5.41) is 3.08. The van der Waals surface area contributed by atoms with Crippen LogP contribution in [0.25, 0.3) is 0 Å². The van der Waals surface area contributed by atoms with Gasteiger partial charge < -0.3 is 14.8 Å². The molecule has 4 nitrogen and oxygen atoms in total. The lowest BCUT2D eigenvalue weighted by Crippen LogP contribution is -2.28. The first-order chi connectivity index (χ1) is 8.67. The average Bonchev–Trinajstić information content (AvgIpc) is 2.38. The van der Waals surface area contributed by atoms with Gasteiger partial charge in [0.05, 0.1) is 13.2 Å². The second kappa shape index (κ2) is 7.58. The van der Waals surface area contributed by atoms with Crippen molar-refractivity contribution in [2.75, 3.05) is 18.5 Å². The van der Waals surface area contributed by atoms with Crippen molar-refractivity contribution in [2.24, 2.45) is 0 Å². The van der Waals surface area contributed by atoms with Crippen LogP contribution in [0.15, 0.2) is 24.3 Å². The molecule has 1 aromatic carbocycles. The molecule has 18 heavy (non-hydrogen) atoms. The number of carbonyl (C=O) groups is 1. The van der Waals surface area contributed by atoms with Gasteiger partial charge in [0.25, 0.3) is 0 Å². The van der Waals surface area contributed by atoms with Crippen LogP contribution < -0.4 is 10.1 Å². The van der Waals surface area contributed by atoms with E-state index in [1.807, 2.05) is 24.3 Å². The summed E-state index contributed by atoms with van der Waals surface area (Å²) in [6.45, 7) is 6.75. The lowest BCUT2D eigenvalue weighted by molar-refractivity contribution is -0.143. The van der Waals surface area contributed by atoms with E-state index in [1.54, 1.807) is 13.8 Å². The van der Waals surface area contributed by atoms with Crippen LogP contribution in [0.1, 0.15) is 27.2 Å². The first-order valence-electron chi connectivity index (χ1n) is 6.33. The van der Waals surface area contributed by atoms with E-state index in [-0.39, 0.29) is 12.0 Å². The Morgan fingerprint density at radius 1 is 1.28 bits per heavy atom. The Hall–Kier alpha value is -1.71. The zero-order valence-electron chi connectivity index (χ0n) is 11.2. The zero-order valence-corrected chi connectivity index (χ0v) is 11.2. The van der Waals surface area contributed by atoms with E-state index in [0.717, 1.165) is 17.9 Å². The maximum Gasteiger partial charge on any atom is 0.328 e. The molecular weight excluding hydrogens is 230 g/mol. The summed E-state index contributed by atoms with van der Waals surface area (Å²) in [5.41, 5.74) is 0.874. The molecule has 1 N–H and O–H groups in total. The van der Waals surface area contributed by atoms with Crippen molar-refractivity contribution in [1.82, 2.24) is 0 Å². The molecule has 0 aliphatic carbocycles. The van der Waals surface area contributed by atoms with Gasteiger partial charge in [0, 0.05) is 5.69 Å². The third kappa shape index (κ3) is 4.65. The minimum Gasteiger partial charge on any atom is -0.494 e. The van der Waals surface area contributed by atoms with Gasteiger partial charge in [-0.3, -0.25) is 0 Å². The fraction of sp³-hybridized carbons (Fsp3) is 0.500. The van der Waals surface area contributed by atoms with Crippen molar-refractivity contribution < 1.29 is 14.3 Å². The van der Waals surface area contributed by atoms with Crippen LogP contribution in [0.2, 0.25) is 0 Å². The molecule has 1 aromatic rings. The Morgan fingerprint density at radius 2 is 1.94 bits per heavy atom. The topological polar surface area (TPSA) is 47.6 Å². The number of esters is 1. The van der Waals surface area contributed by atoms with Crippen LogP contribution in [-0.2, 0) is 9.53 Å². The number of hydrogen-bond donors (Lipinski definition) is 1. The van der Waals surface area contributed by atoms with E-state index < -0.39 is 0 Å². The molecule has 0 radical (unpaired) electrons. The molecule has 4 heteroatoms. The molecule has 1 unspecified atom stereocenters. The van der Waals surface area contributed by atoms with E-state index in [1.165, 1.54) is 0 Å². The van der Waals surface area contributed by atoms with Gasteiger partial charge in [-0.1, -0.05) is 6.92 Å². The molecule has 0 aliphatic heterocycles. The smallest absolute Gasteiger partial charge is 0.328 e. The van der Waals surface area contributed by atoms with Crippen LogP contribution in [0.5, 0.6) is 5.75 Å². The van der Waals surface area contributed by atoms with E-state index in [2.05, 4.69) is 12.2 Å². The Bertz CT molecular complexity index is 362. The van der Waals surface area contributed by atoms with Gasteiger partial charge in [-0.05, 0) is 44.5 Å². The predicted octanol–water partition coefficient (Wildman–Crippen LogP) is 2.84. The van der Waals surface area contributed by atoms with Gasteiger partial charge in [-0.25, -0.2) is 4.79 Å². The maximum atomic E-state index is 11.4. The largest absolute Gasteiger partial charge is 0.494 e. The number of rotatable bonds is 7. The summed E-state index contributed by atoms with van der Waals surface area (Å²) in [5.74, 6) is 0.593. The molecule has 100 valence electrons. The van der Waals surface area contributed by atoms with Crippen molar-refractivity contribution in [2.45, 2.75) is 33.2 Å². The first kappa shape index (κ1) is 14.4. The summed E-state index contributed by atoms with van der Waals surface area (Å²) in [6.07, 6.45) is 0.986. The van der Waals surface area contributed by atoms with Crippen LogP contribution in [0.4, 0.5) is 5.69 Å². The summed E-state index contributed by atoms with van der Waals surface area (Å²) in [4.78, 5) is 11.4. The summed E-state index contributed by atoms with van der Waals surface area (Å²) < 4.78 is 10.4. The van der Waals surface area contributed by atoms with Crippen LogP contribution >= 0.6 is 0 Å². The standard InChI is InChI=1S/C14H21NO3/c1-4-10-18-13-8-6-12(7-9-13)15-11(3)14(16)17-5-2/h6-9,11,15H,4-5,10H2,1-3H3. The quantitative estimate of drug-likeness (QED) is 0.757. The number of carbonyl (C=O) groups excluding carboxylic acids is 1. The Kier molecular flexibility index (Phi) is 6.05. The fourth-order valence-corrected chi connectivity index (χ4v) is 1.44. The lowest BCUT2D eigenvalue weighted by atomic mass is 10.2. The zero-order chi connectivity index (χ0) is 13.4. The molecule has 0 saturated carbocycles. The highest BCUT2D eigenvalue weighted by atomic mass is 16.5. The Morgan fingerprint density at radius 3 is 2.50 bits per heavy atom. The second-order valence-corrected chi connectivity index (χ2v) is 3.99. The summed E-state index contributed by atoms with van der Waals surface area (Å²) in [7, 11) is 0. The normalized spacial score (nSPS) is 11.7. The van der Waals surface area contributed by atoms with Crippen molar-refractivity contribution in [1.29, 1.82) is 0 Å². The van der Waals surface area contributed by atoms with Gasteiger partial charge in [-0.2, -0.15) is 0 Å². The molecule has 0 aliphatic rings. The highest BCUT2D eigenvalue weighted by molar-refractivity contribution is 5.78. The lowest BCUT2D eigenvalue weighted by Gasteiger charge is -2.14. The number of nitrogens with one attached hydrogen (secondary N) is 1. The van der Waals surface area contributed by atoms with Crippen molar-refractivity contribution in [3.63, 3.8) is 0 Å². The molecule has 0 saturated heterocycles. The SMILES string of the molecule is CCCOc1ccc(NC(C)C(=O)OCC)cc1. The molecule has 0 fully saturated rings. The monoisotopic (exact) mass is 251 g/mol. The van der Waals surface area contributed by atoms with Crippen LogP contribution in [0.3, 0.4) is 0 Å². The van der Waals surface area contributed by atoms with Crippen LogP contribution in [-0.4, -0.2) is 25.2 Å². The summed E-state index contributed by atoms with van der Waals surface area (Å²) >= 11 is 0. The van der Waals surface area contributed by atoms with E-state index >= 15 is 0 Å². The molecule has 0 heterocycles. The predicted molar refractivity (Wildman–Crippen MR) is 71.9 cm³/mol. The van der Waals surface area contributed by atoms with Gasteiger partial charge in [0.2, 0.25) is 0 Å². The van der Waals surface area contributed by atoms with Gasteiger partial charge >= 0.3 is 5.97 Å². The van der Waals surface area contributed by atoms with E-state index in [4.69, 9.17) is 9.47 Å². The molecule has 0 amide bonds. The van der Waals surface area contributed by atoms with Crippen molar-refractivity contribution in [3.05, 3.63) is 24.3 Å². The molecule has 0 spiro atoms. The van der Waals surface area contributed by atoms with E-state index in [9.17, 15) is 4.79 Å². The third-order valence-electron chi connectivity index (χ3n) is 2.35. The van der Waals surface area contributed by atoms with E-state index in [0.29, 0.717) is 13.2 Å². The number of ether oxygens (including phenoxy) is 2. The van der Waals surface area contributed by atoms with Gasteiger partial charge in [-0.15, -0.1) is 0 Å². The van der Waals surface area contributed by atoms with Crippen LogP contribution in [0, 0.1) is 0 Å².